The van der Waals surface area contributed by atoms with E-state index in [0.717, 1.165) is 29.9 Å². The number of likely N-dealkylation sites (tertiary alicyclic amines) is 1. The lowest BCUT2D eigenvalue weighted by Gasteiger charge is -2.40. The van der Waals surface area contributed by atoms with Gasteiger partial charge < -0.3 is 4.98 Å². The van der Waals surface area contributed by atoms with Crippen molar-refractivity contribution in [1.29, 1.82) is 0 Å². The summed E-state index contributed by atoms with van der Waals surface area (Å²) in [4.78, 5) is 19.6. The number of aryl methyl sites for hydroxylation is 1. The van der Waals surface area contributed by atoms with Gasteiger partial charge in [0.1, 0.15) is 11.5 Å². The fourth-order valence-corrected chi connectivity index (χ4v) is 4.35. The molecule has 2 fully saturated rings. The molecule has 1 aliphatic carbocycles. The molecule has 1 N–H and O–H groups in total. The van der Waals surface area contributed by atoms with E-state index in [1.807, 2.05) is 13.1 Å². The van der Waals surface area contributed by atoms with Crippen molar-refractivity contribution in [2.75, 3.05) is 13.1 Å². The van der Waals surface area contributed by atoms with Crippen LogP contribution in [0.3, 0.4) is 0 Å². The van der Waals surface area contributed by atoms with Crippen LogP contribution in [0.5, 0.6) is 0 Å². The van der Waals surface area contributed by atoms with Crippen LogP contribution in [0.15, 0.2) is 18.5 Å². The number of hydrogen-bond acceptors (Lipinski definition) is 4. The first-order valence-corrected chi connectivity index (χ1v) is 9.39. The topological polar surface area (TPSA) is 57.7 Å². The fourth-order valence-electron chi connectivity index (χ4n) is 4.35. The first-order chi connectivity index (χ1) is 11.8. The van der Waals surface area contributed by atoms with Gasteiger partial charge in [-0.1, -0.05) is 19.3 Å². The first kappa shape index (κ1) is 15.8. The molecule has 0 spiro atoms. The lowest BCUT2D eigenvalue weighted by Crippen LogP contribution is -2.43. The molecule has 0 bridgehead atoms. The van der Waals surface area contributed by atoms with Crippen molar-refractivity contribution in [2.24, 2.45) is 0 Å². The average Bonchev–Trinajstić information content (AvgIpc) is 3.17. The molecule has 1 atom stereocenters. The van der Waals surface area contributed by atoms with Crippen LogP contribution in [0, 0.1) is 6.92 Å². The predicted octanol–water partition coefficient (Wildman–Crippen LogP) is 3.69. The van der Waals surface area contributed by atoms with E-state index in [-0.39, 0.29) is 0 Å². The standard InChI is InChI=1S/C19H27N5/c1-14-22-17(12-18(23-14)19-20-9-10-21-19)15-6-5-11-24(13-15)16-7-3-2-4-8-16/h9-10,12,15-16H,2-8,11,13H2,1H3,(H,20,21). The zero-order chi connectivity index (χ0) is 16.4. The van der Waals surface area contributed by atoms with Crippen LogP contribution < -0.4 is 0 Å². The van der Waals surface area contributed by atoms with Gasteiger partial charge in [0, 0.05) is 36.6 Å². The molecule has 0 radical (unpaired) electrons. The van der Waals surface area contributed by atoms with E-state index >= 15 is 0 Å². The van der Waals surface area contributed by atoms with Gasteiger partial charge in [-0.2, -0.15) is 0 Å². The highest BCUT2D eigenvalue weighted by Gasteiger charge is 2.28. The van der Waals surface area contributed by atoms with Gasteiger partial charge in [0.2, 0.25) is 0 Å². The minimum Gasteiger partial charge on any atom is -0.343 e. The Labute approximate surface area is 143 Å². The third-order valence-corrected chi connectivity index (χ3v) is 5.56. The summed E-state index contributed by atoms with van der Waals surface area (Å²) in [5.41, 5.74) is 2.10. The number of piperidine rings is 1. The molecule has 2 aromatic rings. The van der Waals surface area contributed by atoms with Crippen LogP contribution in [-0.2, 0) is 0 Å². The number of nitrogens with zero attached hydrogens (tertiary/aromatic N) is 4. The zero-order valence-electron chi connectivity index (χ0n) is 14.5. The molecule has 128 valence electrons. The van der Waals surface area contributed by atoms with Crippen molar-refractivity contribution in [3.63, 3.8) is 0 Å². The van der Waals surface area contributed by atoms with Crippen LogP contribution in [0.4, 0.5) is 0 Å². The van der Waals surface area contributed by atoms with Gasteiger partial charge in [0.15, 0.2) is 5.82 Å². The molecular formula is C19H27N5. The van der Waals surface area contributed by atoms with Crippen molar-refractivity contribution >= 4 is 0 Å². The first-order valence-electron chi connectivity index (χ1n) is 9.39. The number of rotatable bonds is 3. The van der Waals surface area contributed by atoms with E-state index < -0.39 is 0 Å². The molecule has 24 heavy (non-hydrogen) atoms. The Hall–Kier alpha value is -1.75. The number of nitrogens with one attached hydrogen (secondary N) is 1. The lowest BCUT2D eigenvalue weighted by atomic mass is 9.89. The zero-order valence-corrected chi connectivity index (χ0v) is 14.5. The summed E-state index contributed by atoms with van der Waals surface area (Å²) in [6.45, 7) is 4.40. The maximum atomic E-state index is 4.77. The van der Waals surface area contributed by atoms with E-state index in [1.54, 1.807) is 6.20 Å². The van der Waals surface area contributed by atoms with E-state index in [1.165, 1.54) is 57.2 Å². The van der Waals surface area contributed by atoms with Gasteiger partial charge >= 0.3 is 0 Å². The Balaban J connectivity index is 1.54. The van der Waals surface area contributed by atoms with E-state index in [9.17, 15) is 0 Å². The fraction of sp³-hybridized carbons (Fsp3) is 0.632. The minimum atomic E-state index is 0.524. The summed E-state index contributed by atoms with van der Waals surface area (Å²) in [6, 6.07) is 2.94. The second-order valence-electron chi connectivity index (χ2n) is 7.29. The maximum Gasteiger partial charge on any atom is 0.156 e. The van der Waals surface area contributed by atoms with Gasteiger partial charge in [-0.25, -0.2) is 15.0 Å². The van der Waals surface area contributed by atoms with Crippen molar-refractivity contribution in [3.05, 3.63) is 30.0 Å². The molecule has 5 nitrogen and oxygen atoms in total. The molecule has 2 aliphatic rings. The summed E-state index contributed by atoms with van der Waals surface area (Å²) < 4.78 is 0. The maximum absolute atomic E-state index is 4.77. The largest absolute Gasteiger partial charge is 0.343 e. The average molecular weight is 325 g/mol. The van der Waals surface area contributed by atoms with Crippen molar-refractivity contribution in [3.8, 4) is 11.5 Å². The number of hydrogen-bond donors (Lipinski definition) is 1. The minimum absolute atomic E-state index is 0.524. The van der Waals surface area contributed by atoms with E-state index in [0.29, 0.717) is 5.92 Å². The number of imidazole rings is 1. The highest BCUT2D eigenvalue weighted by Crippen LogP contribution is 2.32. The van der Waals surface area contributed by atoms with Crippen LogP contribution in [0.25, 0.3) is 11.5 Å². The number of H-pyrrole nitrogens is 1. The highest BCUT2D eigenvalue weighted by atomic mass is 15.2. The molecule has 4 rings (SSSR count). The molecule has 1 aliphatic heterocycles. The van der Waals surface area contributed by atoms with E-state index in [4.69, 9.17) is 4.98 Å². The van der Waals surface area contributed by atoms with Gasteiger partial charge in [0.25, 0.3) is 0 Å². The monoisotopic (exact) mass is 325 g/mol. The van der Waals surface area contributed by atoms with Gasteiger partial charge in [-0.05, 0) is 45.2 Å². The van der Waals surface area contributed by atoms with Crippen LogP contribution in [0.1, 0.15) is 62.4 Å². The van der Waals surface area contributed by atoms with Crippen LogP contribution in [0.2, 0.25) is 0 Å². The highest BCUT2D eigenvalue weighted by molar-refractivity contribution is 5.49. The molecule has 0 amide bonds. The third kappa shape index (κ3) is 3.36. The summed E-state index contributed by atoms with van der Waals surface area (Å²) >= 11 is 0. The molecule has 1 unspecified atom stereocenters. The SMILES string of the molecule is Cc1nc(-c2ncc[nH]2)cc(C2CCCN(C3CCCCC3)C2)n1. The van der Waals surface area contributed by atoms with Crippen molar-refractivity contribution in [2.45, 2.75) is 63.8 Å². The lowest BCUT2D eigenvalue weighted by molar-refractivity contribution is 0.118. The van der Waals surface area contributed by atoms with Gasteiger partial charge in [-0.3, -0.25) is 4.90 Å². The summed E-state index contributed by atoms with van der Waals surface area (Å²) in [7, 11) is 0. The van der Waals surface area contributed by atoms with Crippen molar-refractivity contribution < 1.29 is 0 Å². The normalized spacial score (nSPS) is 23.5. The molecule has 2 aromatic heterocycles. The molecule has 1 saturated carbocycles. The Bertz CT molecular complexity index is 660. The van der Waals surface area contributed by atoms with Gasteiger partial charge in [-0.15, -0.1) is 0 Å². The predicted molar refractivity (Wildman–Crippen MR) is 94.8 cm³/mol. The van der Waals surface area contributed by atoms with Crippen LogP contribution in [-0.4, -0.2) is 44.0 Å². The Kier molecular flexibility index (Phi) is 4.60. The smallest absolute Gasteiger partial charge is 0.156 e. The van der Waals surface area contributed by atoms with Crippen LogP contribution >= 0.6 is 0 Å². The molecule has 0 aromatic carbocycles. The summed E-state index contributed by atoms with van der Waals surface area (Å²) in [6.07, 6.45) is 13.1. The molecule has 1 saturated heterocycles. The number of aromatic nitrogens is 4. The summed E-state index contributed by atoms with van der Waals surface area (Å²) in [5.74, 6) is 2.20. The van der Waals surface area contributed by atoms with Gasteiger partial charge in [0.05, 0.1) is 0 Å². The second-order valence-corrected chi connectivity index (χ2v) is 7.29. The number of aromatic amines is 1. The Morgan fingerprint density at radius 2 is 1.96 bits per heavy atom. The van der Waals surface area contributed by atoms with Crippen molar-refractivity contribution in [1.82, 2.24) is 24.8 Å². The molecule has 5 heteroatoms. The Morgan fingerprint density at radius 3 is 2.75 bits per heavy atom. The second kappa shape index (κ2) is 7.01. The quantitative estimate of drug-likeness (QED) is 0.935. The molecular weight excluding hydrogens is 298 g/mol. The third-order valence-electron chi connectivity index (χ3n) is 5.56. The Morgan fingerprint density at radius 1 is 1.08 bits per heavy atom. The van der Waals surface area contributed by atoms with E-state index in [2.05, 4.69) is 25.9 Å². The molecule has 3 heterocycles. The summed E-state index contributed by atoms with van der Waals surface area (Å²) in [5, 5.41) is 0.